The van der Waals surface area contributed by atoms with E-state index in [2.05, 4.69) is 0 Å². The summed E-state index contributed by atoms with van der Waals surface area (Å²) >= 11 is 0. The Balaban J connectivity index is 1.83. The van der Waals surface area contributed by atoms with E-state index in [0.29, 0.717) is 5.56 Å². The molecule has 0 bridgehead atoms. The lowest BCUT2D eigenvalue weighted by Crippen LogP contribution is -2.48. The second-order valence-electron chi connectivity index (χ2n) is 6.70. The molecule has 1 heterocycles. The number of rotatable bonds is 3. The van der Waals surface area contributed by atoms with Crippen molar-refractivity contribution >= 4 is 11.9 Å². The van der Waals surface area contributed by atoms with Gasteiger partial charge in [0.05, 0.1) is 17.6 Å². The van der Waals surface area contributed by atoms with Crippen LogP contribution in [0, 0.1) is 18.7 Å². The Bertz CT molecular complexity index is 834. The highest BCUT2D eigenvalue weighted by Gasteiger charge is 2.34. The predicted octanol–water partition coefficient (Wildman–Crippen LogP) is 2.71. The Hall–Kier alpha value is -2.73. The Kier molecular flexibility index (Phi) is 5.04. The molecule has 2 atom stereocenters. The number of nitrogens with zero attached hydrogens (tertiary/aromatic N) is 1. The van der Waals surface area contributed by atoms with Crippen LogP contribution in [-0.4, -0.2) is 46.2 Å². The monoisotopic (exact) mass is 357 g/mol. The Morgan fingerprint density at radius 1 is 1.08 bits per heavy atom. The zero-order chi connectivity index (χ0) is 18.8. The number of piperidine rings is 1. The molecule has 2 N–H and O–H groups in total. The predicted molar refractivity (Wildman–Crippen MR) is 94.2 cm³/mol. The number of aliphatic hydroxyl groups is 1. The quantitative estimate of drug-likeness (QED) is 0.885. The van der Waals surface area contributed by atoms with Gasteiger partial charge in [0, 0.05) is 13.1 Å². The fraction of sp³-hybridized carbons (Fsp3) is 0.300. The molecule has 0 aliphatic carbocycles. The van der Waals surface area contributed by atoms with E-state index < -0.39 is 29.7 Å². The van der Waals surface area contributed by atoms with Gasteiger partial charge >= 0.3 is 5.97 Å². The normalized spacial score (nSPS) is 20.0. The lowest BCUT2D eigenvalue weighted by Gasteiger charge is -2.34. The highest BCUT2D eigenvalue weighted by Crippen LogP contribution is 2.25. The van der Waals surface area contributed by atoms with Crippen LogP contribution < -0.4 is 0 Å². The Morgan fingerprint density at radius 2 is 1.73 bits per heavy atom. The van der Waals surface area contributed by atoms with Crippen LogP contribution in [-0.2, 0) is 4.79 Å². The van der Waals surface area contributed by atoms with Crippen molar-refractivity contribution in [1.29, 1.82) is 0 Å². The molecule has 1 saturated heterocycles. The highest BCUT2D eigenvalue weighted by molar-refractivity contribution is 5.95. The summed E-state index contributed by atoms with van der Waals surface area (Å²) in [6.07, 6.45) is -0.836. The lowest BCUT2D eigenvalue weighted by molar-refractivity contribution is -0.144. The third-order valence-corrected chi connectivity index (χ3v) is 4.65. The SMILES string of the molecule is Cc1ccc(-c2ccc(C(=O)N3CC(O)CC(C(=O)O)C3)c(F)c2)cc1. The lowest BCUT2D eigenvalue weighted by atomic mass is 9.95. The van der Waals surface area contributed by atoms with Crippen LogP contribution in [0.4, 0.5) is 4.39 Å². The van der Waals surface area contributed by atoms with Crippen LogP contribution in [0.25, 0.3) is 11.1 Å². The van der Waals surface area contributed by atoms with Crippen molar-refractivity contribution in [2.75, 3.05) is 13.1 Å². The standard InChI is InChI=1S/C20H20FNO4/c1-12-2-4-13(5-3-12)14-6-7-17(18(21)9-14)19(24)22-10-15(20(25)26)8-16(23)11-22/h2-7,9,15-16,23H,8,10-11H2,1H3,(H,25,26). The van der Waals surface area contributed by atoms with Gasteiger partial charge in [0.2, 0.25) is 0 Å². The zero-order valence-corrected chi connectivity index (χ0v) is 14.4. The van der Waals surface area contributed by atoms with Gasteiger partial charge in [-0.05, 0) is 36.6 Å². The molecule has 1 aliphatic heterocycles. The number of benzene rings is 2. The third kappa shape index (κ3) is 3.75. The van der Waals surface area contributed by atoms with Crippen LogP contribution in [0.5, 0.6) is 0 Å². The minimum absolute atomic E-state index is 0.00175. The van der Waals surface area contributed by atoms with E-state index in [0.717, 1.165) is 11.1 Å². The second kappa shape index (κ2) is 7.25. The van der Waals surface area contributed by atoms with E-state index in [4.69, 9.17) is 5.11 Å². The topological polar surface area (TPSA) is 77.8 Å². The molecule has 0 aromatic heterocycles. The molecule has 6 heteroatoms. The number of amides is 1. The van der Waals surface area contributed by atoms with E-state index in [-0.39, 0.29) is 25.1 Å². The van der Waals surface area contributed by atoms with Crippen molar-refractivity contribution in [2.24, 2.45) is 5.92 Å². The molecule has 0 radical (unpaired) electrons. The molecule has 5 nitrogen and oxygen atoms in total. The minimum atomic E-state index is -1.07. The first-order chi connectivity index (χ1) is 12.3. The molecule has 1 aliphatic rings. The van der Waals surface area contributed by atoms with Crippen LogP contribution >= 0.6 is 0 Å². The first kappa shape index (κ1) is 18.1. The maximum Gasteiger partial charge on any atom is 0.308 e. The number of hydrogen-bond acceptors (Lipinski definition) is 3. The van der Waals surface area contributed by atoms with Gasteiger partial charge < -0.3 is 15.1 Å². The Morgan fingerprint density at radius 3 is 2.35 bits per heavy atom. The summed E-state index contributed by atoms with van der Waals surface area (Å²) in [4.78, 5) is 25.0. The molecule has 0 saturated carbocycles. The van der Waals surface area contributed by atoms with Gasteiger partial charge in [-0.15, -0.1) is 0 Å². The molecular weight excluding hydrogens is 337 g/mol. The smallest absolute Gasteiger partial charge is 0.308 e. The number of aliphatic carboxylic acids is 1. The number of halogens is 1. The largest absolute Gasteiger partial charge is 0.481 e. The second-order valence-corrected chi connectivity index (χ2v) is 6.70. The molecule has 2 unspecified atom stereocenters. The van der Waals surface area contributed by atoms with Gasteiger partial charge in [0.1, 0.15) is 5.82 Å². The average Bonchev–Trinajstić information content (AvgIpc) is 2.61. The first-order valence-electron chi connectivity index (χ1n) is 8.42. The van der Waals surface area contributed by atoms with E-state index in [1.807, 2.05) is 31.2 Å². The van der Waals surface area contributed by atoms with Crippen molar-refractivity contribution < 1.29 is 24.2 Å². The van der Waals surface area contributed by atoms with Gasteiger partial charge in [-0.1, -0.05) is 35.9 Å². The summed E-state index contributed by atoms with van der Waals surface area (Å²) in [5.41, 5.74) is 2.46. The van der Waals surface area contributed by atoms with Crippen molar-refractivity contribution in [1.82, 2.24) is 4.90 Å². The molecule has 1 fully saturated rings. The summed E-state index contributed by atoms with van der Waals surface area (Å²) in [6, 6.07) is 12.0. The summed E-state index contributed by atoms with van der Waals surface area (Å²) < 4.78 is 14.5. The maximum atomic E-state index is 14.5. The number of aryl methyl sites for hydroxylation is 1. The number of likely N-dealkylation sites (tertiary alicyclic amines) is 1. The van der Waals surface area contributed by atoms with E-state index >= 15 is 0 Å². The molecule has 136 valence electrons. The van der Waals surface area contributed by atoms with Crippen molar-refractivity contribution in [3.05, 3.63) is 59.4 Å². The molecule has 26 heavy (non-hydrogen) atoms. The Labute approximate surface area is 150 Å². The zero-order valence-electron chi connectivity index (χ0n) is 14.4. The number of carboxylic acids is 1. The number of carbonyl (C=O) groups is 2. The van der Waals surface area contributed by atoms with Crippen molar-refractivity contribution in [2.45, 2.75) is 19.4 Å². The summed E-state index contributed by atoms with van der Waals surface area (Å²) in [5.74, 6) is -3.20. The third-order valence-electron chi connectivity index (χ3n) is 4.65. The van der Waals surface area contributed by atoms with Crippen LogP contribution in [0.15, 0.2) is 42.5 Å². The number of carbonyl (C=O) groups excluding carboxylic acids is 1. The van der Waals surface area contributed by atoms with Gasteiger partial charge in [0.15, 0.2) is 0 Å². The summed E-state index contributed by atoms with van der Waals surface area (Å²) in [7, 11) is 0. The van der Waals surface area contributed by atoms with Gasteiger partial charge in [-0.25, -0.2) is 4.39 Å². The molecule has 1 amide bonds. The molecule has 3 rings (SSSR count). The van der Waals surface area contributed by atoms with Crippen molar-refractivity contribution in [3.63, 3.8) is 0 Å². The van der Waals surface area contributed by atoms with Gasteiger partial charge in [-0.2, -0.15) is 0 Å². The first-order valence-corrected chi connectivity index (χ1v) is 8.42. The minimum Gasteiger partial charge on any atom is -0.481 e. The summed E-state index contributed by atoms with van der Waals surface area (Å²) in [6.45, 7) is 1.93. The number of carboxylic acid groups (broad SMARTS) is 1. The summed E-state index contributed by atoms with van der Waals surface area (Å²) in [5, 5.41) is 19.0. The fourth-order valence-electron chi connectivity index (χ4n) is 3.20. The maximum absolute atomic E-state index is 14.5. The fourth-order valence-corrected chi connectivity index (χ4v) is 3.20. The molecule has 2 aromatic rings. The van der Waals surface area contributed by atoms with E-state index in [1.54, 1.807) is 6.07 Å². The molecule has 2 aromatic carbocycles. The van der Waals surface area contributed by atoms with Gasteiger partial charge in [0.25, 0.3) is 5.91 Å². The van der Waals surface area contributed by atoms with E-state index in [1.165, 1.54) is 17.0 Å². The van der Waals surface area contributed by atoms with Crippen LogP contribution in [0.1, 0.15) is 22.3 Å². The average molecular weight is 357 g/mol. The van der Waals surface area contributed by atoms with Crippen LogP contribution in [0.2, 0.25) is 0 Å². The van der Waals surface area contributed by atoms with Crippen molar-refractivity contribution in [3.8, 4) is 11.1 Å². The molecular formula is C20H20FNO4. The highest BCUT2D eigenvalue weighted by atomic mass is 19.1. The number of β-amino-alcohol motifs (C(OH)–C–C–N with tert-alkyl or cyclic N) is 1. The van der Waals surface area contributed by atoms with Gasteiger partial charge in [-0.3, -0.25) is 9.59 Å². The number of hydrogen-bond donors (Lipinski definition) is 2. The molecule has 0 spiro atoms. The van der Waals surface area contributed by atoms with Crippen LogP contribution in [0.3, 0.4) is 0 Å². The van der Waals surface area contributed by atoms with E-state index in [9.17, 15) is 19.1 Å². The number of aliphatic hydroxyl groups excluding tert-OH is 1.